The third-order valence-electron chi connectivity index (χ3n) is 5.06. The molecular formula is C17H25NO2. The van der Waals surface area contributed by atoms with E-state index in [1.54, 1.807) is 14.2 Å². The van der Waals surface area contributed by atoms with Crippen molar-refractivity contribution in [2.45, 2.75) is 32.2 Å². The van der Waals surface area contributed by atoms with E-state index < -0.39 is 0 Å². The van der Waals surface area contributed by atoms with Crippen LogP contribution >= 0.6 is 0 Å². The number of benzene rings is 1. The maximum atomic E-state index is 5.60. The van der Waals surface area contributed by atoms with Crippen LogP contribution in [0.25, 0.3) is 0 Å². The lowest BCUT2D eigenvalue weighted by Gasteiger charge is -2.24. The third-order valence-corrected chi connectivity index (χ3v) is 5.06. The fraction of sp³-hybridized carbons (Fsp3) is 0.647. The zero-order valence-corrected chi connectivity index (χ0v) is 12.7. The normalized spacial score (nSPS) is 28.9. The van der Waals surface area contributed by atoms with E-state index in [1.807, 2.05) is 18.2 Å². The van der Waals surface area contributed by atoms with Gasteiger partial charge in [-0.2, -0.15) is 0 Å². The highest BCUT2D eigenvalue weighted by molar-refractivity contribution is 5.48. The van der Waals surface area contributed by atoms with Crippen molar-refractivity contribution in [2.75, 3.05) is 20.8 Å². The lowest BCUT2D eigenvalue weighted by Crippen LogP contribution is -2.25. The van der Waals surface area contributed by atoms with Crippen molar-refractivity contribution in [3.05, 3.63) is 23.8 Å². The van der Waals surface area contributed by atoms with Gasteiger partial charge in [0.2, 0.25) is 0 Å². The molecule has 3 heteroatoms. The van der Waals surface area contributed by atoms with E-state index in [0.717, 1.165) is 35.8 Å². The quantitative estimate of drug-likeness (QED) is 0.863. The molecule has 0 amide bonds. The van der Waals surface area contributed by atoms with Gasteiger partial charge in [-0.1, -0.05) is 19.4 Å². The molecule has 0 heterocycles. The van der Waals surface area contributed by atoms with Crippen LogP contribution in [0, 0.1) is 17.8 Å². The van der Waals surface area contributed by atoms with Gasteiger partial charge in [-0.25, -0.2) is 0 Å². The van der Waals surface area contributed by atoms with Crippen molar-refractivity contribution in [2.24, 2.45) is 17.8 Å². The van der Waals surface area contributed by atoms with Gasteiger partial charge in [-0.15, -0.1) is 0 Å². The lowest BCUT2D eigenvalue weighted by atomic mass is 9.95. The predicted octanol–water partition coefficient (Wildman–Crippen LogP) is 3.40. The summed E-state index contributed by atoms with van der Waals surface area (Å²) < 4.78 is 11.2. The van der Waals surface area contributed by atoms with Gasteiger partial charge < -0.3 is 14.8 Å². The molecule has 0 aromatic heterocycles. The summed E-state index contributed by atoms with van der Waals surface area (Å²) in [5.41, 5.74) is 1.21. The molecular weight excluding hydrogens is 250 g/mol. The van der Waals surface area contributed by atoms with E-state index in [4.69, 9.17) is 9.47 Å². The van der Waals surface area contributed by atoms with Gasteiger partial charge in [-0.05, 0) is 49.3 Å². The second-order valence-corrected chi connectivity index (χ2v) is 5.95. The Balaban J connectivity index is 1.94. The molecule has 3 unspecified atom stereocenters. The van der Waals surface area contributed by atoms with E-state index in [9.17, 15) is 0 Å². The average molecular weight is 275 g/mol. The van der Waals surface area contributed by atoms with Crippen LogP contribution in [0.2, 0.25) is 0 Å². The summed E-state index contributed by atoms with van der Waals surface area (Å²) in [5, 5.41) is 3.68. The summed E-state index contributed by atoms with van der Waals surface area (Å²) in [4.78, 5) is 0. The molecule has 3 nitrogen and oxygen atoms in total. The van der Waals surface area contributed by atoms with Gasteiger partial charge in [0.15, 0.2) is 0 Å². The van der Waals surface area contributed by atoms with Crippen molar-refractivity contribution in [1.82, 2.24) is 5.32 Å². The van der Waals surface area contributed by atoms with Gasteiger partial charge in [-0.3, -0.25) is 0 Å². The highest BCUT2D eigenvalue weighted by Crippen LogP contribution is 2.63. The molecule has 2 saturated carbocycles. The Morgan fingerprint density at radius 1 is 1.15 bits per heavy atom. The van der Waals surface area contributed by atoms with Crippen molar-refractivity contribution < 1.29 is 9.47 Å². The highest BCUT2D eigenvalue weighted by atomic mass is 16.5. The molecule has 2 fully saturated rings. The van der Waals surface area contributed by atoms with E-state index in [-0.39, 0.29) is 0 Å². The smallest absolute Gasteiger partial charge is 0.127 e. The first-order chi connectivity index (χ1) is 9.81. The Hall–Kier alpha value is -1.22. The molecule has 3 atom stereocenters. The molecule has 0 radical (unpaired) electrons. The van der Waals surface area contributed by atoms with Crippen LogP contribution in [-0.4, -0.2) is 20.8 Å². The number of hydrogen-bond donors (Lipinski definition) is 1. The largest absolute Gasteiger partial charge is 0.496 e. The van der Waals surface area contributed by atoms with Gasteiger partial charge in [0, 0.05) is 6.04 Å². The first-order valence-corrected chi connectivity index (χ1v) is 7.76. The molecule has 0 aliphatic heterocycles. The van der Waals surface area contributed by atoms with E-state index >= 15 is 0 Å². The Bertz CT molecular complexity index is 442. The van der Waals surface area contributed by atoms with E-state index in [2.05, 4.69) is 12.2 Å². The molecule has 2 aliphatic carbocycles. The Morgan fingerprint density at radius 3 is 2.25 bits per heavy atom. The topological polar surface area (TPSA) is 30.5 Å². The summed E-state index contributed by atoms with van der Waals surface area (Å²) in [6.07, 6.45) is 4.21. The summed E-state index contributed by atoms with van der Waals surface area (Å²) in [6, 6.07) is 6.44. The van der Waals surface area contributed by atoms with Crippen LogP contribution in [0.3, 0.4) is 0 Å². The van der Waals surface area contributed by atoms with Crippen LogP contribution in [0.15, 0.2) is 18.2 Å². The van der Waals surface area contributed by atoms with Crippen molar-refractivity contribution >= 4 is 0 Å². The van der Waals surface area contributed by atoms with E-state index in [0.29, 0.717) is 6.04 Å². The number of nitrogens with one attached hydrogen (secondary N) is 1. The second-order valence-electron chi connectivity index (χ2n) is 5.95. The van der Waals surface area contributed by atoms with Crippen LogP contribution < -0.4 is 14.8 Å². The van der Waals surface area contributed by atoms with Gasteiger partial charge in [0.05, 0.1) is 19.8 Å². The van der Waals surface area contributed by atoms with E-state index in [1.165, 1.54) is 24.8 Å². The first kappa shape index (κ1) is 13.7. The maximum absolute atomic E-state index is 5.60. The van der Waals surface area contributed by atoms with Gasteiger partial charge in [0.25, 0.3) is 0 Å². The van der Waals surface area contributed by atoms with Gasteiger partial charge >= 0.3 is 0 Å². The summed E-state index contributed by atoms with van der Waals surface area (Å²) in [6.45, 7) is 3.15. The average Bonchev–Trinajstić information content (AvgIpc) is 2.94. The minimum atomic E-state index is 0.362. The lowest BCUT2D eigenvalue weighted by molar-refractivity contribution is 0.350. The number of fused-ring (bicyclic) bond motifs is 1. The third kappa shape index (κ3) is 2.18. The maximum Gasteiger partial charge on any atom is 0.127 e. The monoisotopic (exact) mass is 275 g/mol. The molecule has 1 N–H and O–H groups in total. The number of methoxy groups -OCH3 is 2. The number of hydrogen-bond acceptors (Lipinski definition) is 3. The van der Waals surface area contributed by atoms with Crippen molar-refractivity contribution in [1.29, 1.82) is 0 Å². The minimum absolute atomic E-state index is 0.362. The molecule has 20 heavy (non-hydrogen) atoms. The first-order valence-electron chi connectivity index (χ1n) is 7.76. The zero-order valence-electron chi connectivity index (χ0n) is 12.7. The van der Waals surface area contributed by atoms with Crippen LogP contribution in [0.4, 0.5) is 0 Å². The molecule has 0 saturated heterocycles. The Morgan fingerprint density at radius 2 is 1.75 bits per heavy atom. The minimum Gasteiger partial charge on any atom is -0.496 e. The van der Waals surface area contributed by atoms with Crippen LogP contribution in [0.1, 0.15) is 37.8 Å². The molecule has 1 aromatic rings. The van der Waals surface area contributed by atoms with Crippen molar-refractivity contribution in [3.8, 4) is 11.5 Å². The standard InChI is InChI=1S/C17H25NO2/c1-4-18-17(15-11-7-5-8-12(11)15)16-13(19-2)9-6-10-14(16)20-3/h6,9-12,15,17-18H,4-5,7-8H2,1-3H3. The highest BCUT2D eigenvalue weighted by Gasteiger charge is 2.56. The fourth-order valence-electron chi connectivity index (χ4n) is 4.21. The zero-order chi connectivity index (χ0) is 14.1. The Kier molecular flexibility index (Phi) is 3.88. The Labute approximate surface area is 121 Å². The van der Waals surface area contributed by atoms with Crippen molar-refractivity contribution in [3.63, 3.8) is 0 Å². The number of rotatable bonds is 6. The van der Waals surface area contributed by atoms with Gasteiger partial charge in [0.1, 0.15) is 11.5 Å². The predicted molar refractivity (Wildman–Crippen MR) is 80.3 cm³/mol. The van der Waals surface area contributed by atoms with Crippen LogP contribution in [0.5, 0.6) is 11.5 Å². The molecule has 3 rings (SSSR count). The SMILES string of the molecule is CCNC(c1c(OC)cccc1OC)C1C2CCCC21. The second kappa shape index (κ2) is 5.65. The summed E-state index contributed by atoms with van der Waals surface area (Å²) in [7, 11) is 3.49. The molecule has 1 aromatic carbocycles. The molecule has 110 valence electrons. The number of ether oxygens (including phenoxy) is 2. The summed E-state index contributed by atoms with van der Waals surface area (Å²) in [5.74, 6) is 4.47. The molecule has 0 bridgehead atoms. The molecule has 2 aliphatic rings. The molecule has 0 spiro atoms. The fourth-order valence-corrected chi connectivity index (χ4v) is 4.21. The summed E-state index contributed by atoms with van der Waals surface area (Å²) >= 11 is 0. The van der Waals surface area contributed by atoms with Crippen LogP contribution in [-0.2, 0) is 0 Å².